The summed E-state index contributed by atoms with van der Waals surface area (Å²) in [7, 11) is 3.55. The molecule has 1 heterocycles. The van der Waals surface area contributed by atoms with Crippen LogP contribution in [0.25, 0.3) is 0 Å². The predicted octanol–water partition coefficient (Wildman–Crippen LogP) is 4.03. The molecule has 1 aromatic rings. The number of hydrogen-bond donors (Lipinski definition) is 2. The molecule has 0 aromatic heterocycles. The van der Waals surface area contributed by atoms with Gasteiger partial charge in [0, 0.05) is 58.6 Å². The van der Waals surface area contributed by atoms with Crippen LogP contribution >= 0.6 is 24.0 Å². The number of piperidine rings is 1. The van der Waals surface area contributed by atoms with Gasteiger partial charge in [-0.25, -0.2) is 0 Å². The van der Waals surface area contributed by atoms with Gasteiger partial charge in [0.2, 0.25) is 5.91 Å². The molecule has 0 radical (unpaired) electrons. The summed E-state index contributed by atoms with van der Waals surface area (Å²) in [5.74, 6) is 1.25. The van der Waals surface area contributed by atoms with Gasteiger partial charge in [0.15, 0.2) is 5.96 Å². The Morgan fingerprint density at radius 3 is 2.59 bits per heavy atom. The molecular weight excluding hydrogens is 519 g/mol. The second-order valence-electron chi connectivity index (χ2n) is 8.48. The number of anilines is 1. The summed E-state index contributed by atoms with van der Waals surface area (Å²) in [6.07, 6.45) is 7.64. The van der Waals surface area contributed by atoms with Gasteiger partial charge in [-0.1, -0.05) is 25.0 Å². The van der Waals surface area contributed by atoms with E-state index < -0.39 is 0 Å². The highest BCUT2D eigenvalue weighted by Crippen LogP contribution is 2.26. The Balaban J connectivity index is 0.00000363. The number of carbonyl (C=O) groups is 1. The van der Waals surface area contributed by atoms with Gasteiger partial charge in [-0.3, -0.25) is 9.79 Å². The van der Waals surface area contributed by atoms with E-state index in [0.29, 0.717) is 12.6 Å². The third kappa shape index (κ3) is 8.51. The summed E-state index contributed by atoms with van der Waals surface area (Å²) >= 11 is 0. The predicted molar refractivity (Wildman–Crippen MR) is 140 cm³/mol. The van der Waals surface area contributed by atoms with Crippen molar-refractivity contribution in [2.45, 2.75) is 57.6 Å². The Bertz CT molecular complexity index is 717. The van der Waals surface area contributed by atoms with Crippen molar-refractivity contribution >= 4 is 41.5 Å². The number of methoxy groups -OCH3 is 1. The highest BCUT2D eigenvalue weighted by Gasteiger charge is 2.23. The van der Waals surface area contributed by atoms with Gasteiger partial charge in [-0.05, 0) is 49.8 Å². The SMILES string of the molecule is CN=C(NCc1cccc(NC(=O)C2CCCC2)c1)N1CCC(OCCCOC)CC1.I. The number of nitrogens with one attached hydrogen (secondary N) is 2. The number of halogens is 1. The van der Waals surface area contributed by atoms with Crippen molar-refractivity contribution in [3.8, 4) is 0 Å². The van der Waals surface area contributed by atoms with E-state index in [0.717, 1.165) is 75.6 Å². The lowest BCUT2D eigenvalue weighted by molar-refractivity contribution is -0.119. The number of hydrogen-bond acceptors (Lipinski definition) is 4. The quantitative estimate of drug-likeness (QED) is 0.207. The molecule has 7 nitrogen and oxygen atoms in total. The molecule has 2 aliphatic rings. The summed E-state index contributed by atoms with van der Waals surface area (Å²) in [5, 5.41) is 6.56. The summed E-state index contributed by atoms with van der Waals surface area (Å²) in [4.78, 5) is 19.2. The van der Waals surface area contributed by atoms with Crippen LogP contribution in [0, 0.1) is 5.92 Å². The van der Waals surface area contributed by atoms with Crippen LogP contribution in [0.4, 0.5) is 5.69 Å². The number of aliphatic imine (C=N–C) groups is 1. The van der Waals surface area contributed by atoms with Crippen LogP contribution in [0.1, 0.15) is 50.5 Å². The number of nitrogens with zero attached hydrogens (tertiary/aromatic N) is 2. The van der Waals surface area contributed by atoms with Gasteiger partial charge >= 0.3 is 0 Å². The minimum absolute atomic E-state index is 0. The third-order valence-corrected chi connectivity index (χ3v) is 6.17. The minimum Gasteiger partial charge on any atom is -0.385 e. The summed E-state index contributed by atoms with van der Waals surface area (Å²) in [6, 6.07) is 8.08. The van der Waals surface area contributed by atoms with Crippen molar-refractivity contribution in [1.29, 1.82) is 0 Å². The highest BCUT2D eigenvalue weighted by molar-refractivity contribution is 14.0. The maximum absolute atomic E-state index is 12.4. The fourth-order valence-corrected chi connectivity index (χ4v) is 4.39. The van der Waals surface area contributed by atoms with Gasteiger partial charge in [-0.2, -0.15) is 0 Å². The molecule has 1 aliphatic heterocycles. The average molecular weight is 559 g/mol. The lowest BCUT2D eigenvalue weighted by Gasteiger charge is -2.34. The second-order valence-corrected chi connectivity index (χ2v) is 8.48. The topological polar surface area (TPSA) is 75.2 Å². The normalized spacial score (nSPS) is 17.8. The van der Waals surface area contributed by atoms with E-state index in [1.54, 1.807) is 7.11 Å². The molecule has 1 aromatic carbocycles. The molecular formula is C24H39IN4O3. The van der Waals surface area contributed by atoms with E-state index in [4.69, 9.17) is 9.47 Å². The first-order chi connectivity index (χ1) is 15.2. The molecule has 0 unspecified atom stereocenters. The van der Waals surface area contributed by atoms with Gasteiger partial charge in [0.25, 0.3) is 0 Å². The zero-order valence-corrected chi connectivity index (χ0v) is 21.8. The fraction of sp³-hybridized carbons (Fsp3) is 0.667. The number of carbonyl (C=O) groups excluding carboxylic acids is 1. The van der Waals surface area contributed by atoms with E-state index in [-0.39, 0.29) is 35.8 Å². The highest BCUT2D eigenvalue weighted by atomic mass is 127. The van der Waals surface area contributed by atoms with Crippen LogP contribution in [-0.4, -0.2) is 63.3 Å². The van der Waals surface area contributed by atoms with Crippen LogP contribution < -0.4 is 10.6 Å². The number of amides is 1. The first-order valence-electron chi connectivity index (χ1n) is 11.7. The zero-order valence-electron chi connectivity index (χ0n) is 19.5. The minimum atomic E-state index is 0. The Morgan fingerprint density at radius 1 is 1.16 bits per heavy atom. The monoisotopic (exact) mass is 558 g/mol. The lowest BCUT2D eigenvalue weighted by Crippen LogP contribution is -2.46. The second kappa shape index (κ2) is 14.7. The van der Waals surface area contributed by atoms with Crippen molar-refractivity contribution in [2.24, 2.45) is 10.9 Å². The molecule has 32 heavy (non-hydrogen) atoms. The van der Waals surface area contributed by atoms with Crippen LogP contribution in [-0.2, 0) is 20.8 Å². The van der Waals surface area contributed by atoms with Crippen molar-refractivity contribution in [3.05, 3.63) is 29.8 Å². The van der Waals surface area contributed by atoms with E-state index in [1.165, 1.54) is 12.8 Å². The first kappa shape index (κ1) is 26.9. The lowest BCUT2D eigenvalue weighted by atomic mass is 10.1. The Morgan fingerprint density at radius 2 is 1.91 bits per heavy atom. The third-order valence-electron chi connectivity index (χ3n) is 6.17. The number of rotatable bonds is 9. The molecule has 1 aliphatic carbocycles. The fourth-order valence-electron chi connectivity index (χ4n) is 4.39. The molecule has 1 saturated heterocycles. The summed E-state index contributed by atoms with van der Waals surface area (Å²) in [5.41, 5.74) is 2.00. The number of likely N-dealkylation sites (tertiary alicyclic amines) is 1. The van der Waals surface area contributed by atoms with Crippen LogP contribution in [0.2, 0.25) is 0 Å². The van der Waals surface area contributed by atoms with Gasteiger partial charge in [-0.15, -0.1) is 24.0 Å². The van der Waals surface area contributed by atoms with Crippen LogP contribution in [0.5, 0.6) is 0 Å². The van der Waals surface area contributed by atoms with E-state index in [2.05, 4.69) is 26.6 Å². The molecule has 2 N–H and O–H groups in total. The maximum atomic E-state index is 12.4. The van der Waals surface area contributed by atoms with E-state index in [1.807, 2.05) is 25.2 Å². The Labute approximate surface area is 209 Å². The van der Waals surface area contributed by atoms with Gasteiger partial charge in [0.05, 0.1) is 6.10 Å². The average Bonchev–Trinajstić information content (AvgIpc) is 3.34. The first-order valence-corrected chi connectivity index (χ1v) is 11.7. The molecule has 180 valence electrons. The molecule has 1 saturated carbocycles. The van der Waals surface area contributed by atoms with Crippen molar-refractivity contribution in [1.82, 2.24) is 10.2 Å². The van der Waals surface area contributed by atoms with Crippen molar-refractivity contribution in [2.75, 3.05) is 45.8 Å². The van der Waals surface area contributed by atoms with Crippen LogP contribution in [0.15, 0.2) is 29.3 Å². The summed E-state index contributed by atoms with van der Waals surface area (Å²) in [6.45, 7) is 4.06. The molecule has 1 amide bonds. The number of benzene rings is 1. The molecule has 0 spiro atoms. The number of guanidine groups is 1. The molecule has 8 heteroatoms. The maximum Gasteiger partial charge on any atom is 0.227 e. The smallest absolute Gasteiger partial charge is 0.227 e. The molecule has 0 atom stereocenters. The van der Waals surface area contributed by atoms with Crippen molar-refractivity contribution < 1.29 is 14.3 Å². The number of ether oxygens (including phenoxy) is 2. The molecule has 2 fully saturated rings. The van der Waals surface area contributed by atoms with Gasteiger partial charge < -0.3 is 25.0 Å². The van der Waals surface area contributed by atoms with E-state index in [9.17, 15) is 4.79 Å². The van der Waals surface area contributed by atoms with Crippen LogP contribution in [0.3, 0.4) is 0 Å². The largest absolute Gasteiger partial charge is 0.385 e. The molecule has 0 bridgehead atoms. The Kier molecular flexibility index (Phi) is 12.3. The zero-order chi connectivity index (χ0) is 21.9. The molecule has 3 rings (SSSR count). The Hall–Kier alpha value is -1.39. The summed E-state index contributed by atoms with van der Waals surface area (Å²) < 4.78 is 11.0. The van der Waals surface area contributed by atoms with Gasteiger partial charge in [0.1, 0.15) is 0 Å². The standard InChI is InChI=1S/C24H38N4O3.HI/c1-25-24(28-13-11-22(12-14-28)31-16-6-15-30-2)26-18-19-7-5-10-21(17-19)27-23(29)20-8-3-4-9-20;/h5,7,10,17,20,22H,3-4,6,8-9,11-16,18H2,1-2H3,(H,25,26)(H,27,29);1H. The van der Waals surface area contributed by atoms with E-state index >= 15 is 0 Å². The van der Waals surface area contributed by atoms with Crippen molar-refractivity contribution in [3.63, 3.8) is 0 Å².